The number of rotatable bonds is 7. The first-order valence-corrected chi connectivity index (χ1v) is 10.6. The van der Waals surface area contributed by atoms with Crippen molar-refractivity contribution < 1.29 is 38.0 Å². The summed E-state index contributed by atoms with van der Waals surface area (Å²) >= 11 is 1.12. The Morgan fingerprint density at radius 3 is 2.48 bits per heavy atom. The minimum absolute atomic E-state index is 0.199. The largest absolute Gasteiger partial charge is 0.497 e. The molecule has 3 rings (SSSR count). The van der Waals surface area contributed by atoms with Gasteiger partial charge in [-0.1, -0.05) is 17.8 Å². The summed E-state index contributed by atoms with van der Waals surface area (Å²) in [6, 6.07) is 7.13. The van der Waals surface area contributed by atoms with Crippen molar-refractivity contribution in [2.45, 2.75) is 34.7 Å². The van der Waals surface area contributed by atoms with Crippen LogP contribution in [0.4, 0.5) is 13.2 Å². The predicted octanol–water partition coefficient (Wildman–Crippen LogP) is 1.45. The maximum absolute atomic E-state index is 13.6. The first kappa shape index (κ1) is 25.0. The number of aliphatic hydroxyl groups is 3. The minimum Gasteiger partial charge on any atom is -0.497 e. The predicted molar refractivity (Wildman–Crippen MR) is 116 cm³/mol. The zero-order chi connectivity index (χ0) is 24.1. The molecule has 0 radical (unpaired) electrons. The van der Waals surface area contributed by atoms with Crippen LogP contribution in [0.25, 0.3) is 0 Å². The highest BCUT2D eigenvalue weighted by atomic mass is 32.2. The van der Waals surface area contributed by atoms with Gasteiger partial charge in [-0.25, -0.2) is 13.2 Å². The van der Waals surface area contributed by atoms with Gasteiger partial charge >= 0.3 is 0 Å². The number of aliphatic hydroxyl groups excluding tert-OH is 3. The molecule has 1 fully saturated rings. The number of nitrogens with zero attached hydrogens (tertiary/aromatic N) is 2. The summed E-state index contributed by atoms with van der Waals surface area (Å²) < 4.78 is 51.2. The number of hydrogen-bond acceptors (Lipinski definition) is 9. The number of thioether (sulfide) groups is 1. The summed E-state index contributed by atoms with van der Waals surface area (Å²) in [5, 5.41) is 34.3. The van der Waals surface area contributed by atoms with Crippen molar-refractivity contribution in [2.75, 3.05) is 13.7 Å². The van der Waals surface area contributed by atoms with Crippen molar-refractivity contribution in [1.82, 2.24) is 0 Å². The maximum Gasteiger partial charge on any atom is 0.194 e. The summed E-state index contributed by atoms with van der Waals surface area (Å²) in [4.78, 5) is 4.79. The van der Waals surface area contributed by atoms with E-state index in [1.807, 2.05) is 0 Å². The second-order valence-electron chi connectivity index (χ2n) is 7.04. The molecule has 0 aromatic heterocycles. The number of hydrogen-bond donors (Lipinski definition) is 4. The molecule has 0 aliphatic carbocycles. The molecular weight excluding hydrogens is 463 g/mol. The highest BCUT2D eigenvalue weighted by Crippen LogP contribution is 2.35. The van der Waals surface area contributed by atoms with Gasteiger partial charge in [-0.05, 0) is 30.3 Å². The lowest BCUT2D eigenvalue weighted by Crippen LogP contribution is -2.56. The number of hydrazone groups is 1. The summed E-state index contributed by atoms with van der Waals surface area (Å²) in [6.07, 6.45) is -2.84. The van der Waals surface area contributed by atoms with Gasteiger partial charge in [0.25, 0.3) is 0 Å². The number of methoxy groups -OCH3 is 1. The molecular formula is C21H22F3N3O5S. The zero-order valence-corrected chi connectivity index (χ0v) is 18.1. The van der Waals surface area contributed by atoms with Gasteiger partial charge in [0, 0.05) is 16.7 Å². The lowest BCUT2D eigenvalue weighted by atomic mass is 9.98. The highest BCUT2D eigenvalue weighted by molar-refractivity contribution is 7.99. The molecule has 2 aromatic carbocycles. The highest BCUT2D eigenvalue weighted by Gasteiger charge is 2.44. The van der Waals surface area contributed by atoms with Gasteiger partial charge in [-0.2, -0.15) is 5.10 Å². The monoisotopic (exact) mass is 485 g/mol. The van der Waals surface area contributed by atoms with Crippen LogP contribution in [-0.4, -0.2) is 70.8 Å². The van der Waals surface area contributed by atoms with Crippen molar-refractivity contribution in [1.29, 1.82) is 0 Å². The van der Waals surface area contributed by atoms with Crippen LogP contribution in [0.3, 0.4) is 0 Å². The maximum atomic E-state index is 13.6. The molecule has 0 amide bonds. The van der Waals surface area contributed by atoms with Crippen molar-refractivity contribution in [3.8, 4) is 5.75 Å². The lowest BCUT2D eigenvalue weighted by molar-refractivity contribution is -0.159. The number of ether oxygens (including phenoxy) is 2. The normalized spacial score (nSPS) is 26.0. The van der Waals surface area contributed by atoms with Crippen LogP contribution in [0, 0.1) is 17.5 Å². The first-order chi connectivity index (χ1) is 15.8. The molecule has 0 saturated carbocycles. The fourth-order valence-corrected chi connectivity index (χ4v) is 4.30. The quantitative estimate of drug-likeness (QED) is 0.202. The molecule has 1 aliphatic rings. The average Bonchev–Trinajstić information content (AvgIpc) is 2.81. The van der Waals surface area contributed by atoms with Gasteiger partial charge in [0.1, 0.15) is 41.3 Å². The number of halogens is 3. The van der Waals surface area contributed by atoms with E-state index in [-0.39, 0.29) is 11.3 Å². The van der Waals surface area contributed by atoms with E-state index in [4.69, 9.17) is 15.3 Å². The van der Waals surface area contributed by atoms with E-state index in [0.29, 0.717) is 22.8 Å². The van der Waals surface area contributed by atoms with Crippen molar-refractivity contribution in [3.05, 3.63) is 59.4 Å². The molecule has 1 aliphatic heterocycles. The van der Waals surface area contributed by atoms with Crippen LogP contribution >= 0.6 is 11.8 Å². The SMILES string of the molecule is COc1cccc(S[C@H]2OC(CO)[C@H](O)C(N=CC(=NN)c3cc(F)c(F)c(F)c3)[C@H]2O)c1. The standard InChI is InChI=1S/C21H22F3N3O5S/c1-31-11-3-2-4-12(7-11)33-21-20(30)18(19(29)16(9-28)32-21)26-8-15(27-25)10-5-13(22)17(24)14(23)6-10/h2-8,16,18-21,28-30H,9,25H2,1H3/t16?,18?,19-,20+,21+/m0/s1. The smallest absolute Gasteiger partial charge is 0.194 e. The molecule has 12 heteroatoms. The fraction of sp³-hybridized carbons (Fsp3) is 0.333. The summed E-state index contributed by atoms with van der Waals surface area (Å²) in [5.74, 6) is 1.34. The topological polar surface area (TPSA) is 130 Å². The Kier molecular flexibility index (Phi) is 8.32. The van der Waals surface area contributed by atoms with E-state index in [2.05, 4.69) is 10.1 Å². The van der Waals surface area contributed by atoms with Crippen LogP contribution in [0.2, 0.25) is 0 Å². The number of nitrogens with two attached hydrogens (primary N) is 1. The molecule has 33 heavy (non-hydrogen) atoms. The molecule has 5 N–H and O–H groups in total. The van der Waals surface area contributed by atoms with E-state index in [1.54, 1.807) is 24.3 Å². The Balaban J connectivity index is 1.85. The van der Waals surface area contributed by atoms with Gasteiger partial charge in [0.2, 0.25) is 0 Å². The van der Waals surface area contributed by atoms with E-state index < -0.39 is 53.8 Å². The molecule has 5 atom stereocenters. The Bertz CT molecular complexity index is 1020. The Hall–Kier alpha value is -2.64. The van der Waals surface area contributed by atoms with Crippen LogP contribution in [0.1, 0.15) is 5.56 Å². The van der Waals surface area contributed by atoms with E-state index in [9.17, 15) is 28.5 Å². The van der Waals surface area contributed by atoms with Crippen molar-refractivity contribution in [2.24, 2.45) is 15.9 Å². The van der Waals surface area contributed by atoms with Gasteiger partial charge in [-0.15, -0.1) is 0 Å². The molecule has 0 spiro atoms. The zero-order valence-electron chi connectivity index (χ0n) is 17.3. The van der Waals surface area contributed by atoms with Gasteiger partial charge in [-0.3, -0.25) is 4.99 Å². The fourth-order valence-electron chi connectivity index (χ4n) is 3.19. The second-order valence-corrected chi connectivity index (χ2v) is 8.21. The Morgan fingerprint density at radius 1 is 1.18 bits per heavy atom. The number of aliphatic imine (C=N–C) groups is 1. The molecule has 8 nitrogen and oxygen atoms in total. The van der Waals surface area contributed by atoms with Gasteiger partial charge < -0.3 is 30.6 Å². The second kappa shape index (κ2) is 11.0. The Labute approximate surface area is 191 Å². The van der Waals surface area contributed by atoms with Crippen LogP contribution in [0.5, 0.6) is 5.75 Å². The van der Waals surface area contributed by atoms with Gasteiger partial charge in [0.15, 0.2) is 17.5 Å². The lowest BCUT2D eigenvalue weighted by Gasteiger charge is -2.40. The Morgan fingerprint density at radius 2 is 1.88 bits per heavy atom. The van der Waals surface area contributed by atoms with Crippen molar-refractivity contribution >= 4 is 23.7 Å². The summed E-state index contributed by atoms with van der Waals surface area (Å²) in [6.45, 7) is -0.554. The molecule has 0 bridgehead atoms. The van der Waals surface area contributed by atoms with E-state index in [1.165, 1.54) is 7.11 Å². The molecule has 1 saturated heterocycles. The van der Waals surface area contributed by atoms with Crippen LogP contribution in [-0.2, 0) is 4.74 Å². The third-order valence-corrected chi connectivity index (χ3v) is 6.08. The van der Waals surface area contributed by atoms with Crippen molar-refractivity contribution in [3.63, 3.8) is 0 Å². The number of benzene rings is 2. The van der Waals surface area contributed by atoms with Crippen LogP contribution in [0.15, 0.2) is 51.4 Å². The summed E-state index contributed by atoms with van der Waals surface area (Å²) in [7, 11) is 1.51. The van der Waals surface area contributed by atoms with E-state index in [0.717, 1.165) is 18.0 Å². The summed E-state index contributed by atoms with van der Waals surface area (Å²) in [5.41, 5.74) is -1.36. The third kappa shape index (κ3) is 5.65. The molecule has 178 valence electrons. The van der Waals surface area contributed by atoms with Crippen LogP contribution < -0.4 is 10.6 Å². The van der Waals surface area contributed by atoms with Gasteiger partial charge in [0.05, 0.1) is 13.7 Å². The van der Waals surface area contributed by atoms with E-state index >= 15 is 0 Å². The molecule has 2 aromatic rings. The molecule has 1 heterocycles. The molecule has 2 unspecified atom stereocenters. The average molecular weight is 485 g/mol. The minimum atomic E-state index is -1.65. The first-order valence-electron chi connectivity index (χ1n) is 9.68. The third-order valence-electron chi connectivity index (χ3n) is 4.93.